The molecule has 0 aliphatic rings. The Morgan fingerprint density at radius 3 is 2.46 bits per heavy atom. The largest absolute Gasteiger partial charge is 0.493 e. The number of fused-ring (bicyclic) bond motifs is 1. The van der Waals surface area contributed by atoms with Gasteiger partial charge in [0.2, 0.25) is 0 Å². The molecule has 0 fully saturated rings. The van der Waals surface area contributed by atoms with Crippen molar-refractivity contribution in [1.29, 1.82) is 0 Å². The number of halogens is 2. The molecular formula is C25H23Cl2N3O6S. The van der Waals surface area contributed by atoms with Gasteiger partial charge in [0, 0.05) is 24.3 Å². The molecule has 37 heavy (non-hydrogen) atoms. The Hall–Kier alpha value is -3.47. The third-order valence-electron chi connectivity index (χ3n) is 5.57. The van der Waals surface area contributed by atoms with Gasteiger partial charge in [0.05, 0.1) is 36.9 Å². The second-order valence-electron chi connectivity index (χ2n) is 8.03. The Labute approximate surface area is 224 Å². The van der Waals surface area contributed by atoms with Crippen LogP contribution in [-0.2, 0) is 26.0 Å². The van der Waals surface area contributed by atoms with Gasteiger partial charge in [-0.2, -0.15) is 5.10 Å². The number of aromatic nitrogens is 2. The van der Waals surface area contributed by atoms with Crippen molar-refractivity contribution in [1.82, 2.24) is 9.61 Å². The van der Waals surface area contributed by atoms with Gasteiger partial charge in [-0.1, -0.05) is 29.3 Å². The summed E-state index contributed by atoms with van der Waals surface area (Å²) < 4.78 is 46.4. The lowest BCUT2D eigenvalue weighted by Crippen LogP contribution is -2.27. The van der Waals surface area contributed by atoms with Crippen LogP contribution in [0.15, 0.2) is 59.6 Å². The van der Waals surface area contributed by atoms with E-state index in [4.69, 9.17) is 37.4 Å². The van der Waals surface area contributed by atoms with Crippen LogP contribution in [0.5, 0.6) is 17.2 Å². The van der Waals surface area contributed by atoms with E-state index in [0.717, 1.165) is 4.31 Å². The summed E-state index contributed by atoms with van der Waals surface area (Å²) in [7, 11) is 0.0481. The molecule has 12 heteroatoms. The van der Waals surface area contributed by atoms with Crippen molar-refractivity contribution in [2.45, 2.75) is 18.2 Å². The van der Waals surface area contributed by atoms with E-state index in [1.807, 2.05) is 0 Å². The summed E-state index contributed by atoms with van der Waals surface area (Å²) in [4.78, 5) is 11.6. The van der Waals surface area contributed by atoms with Crippen molar-refractivity contribution in [2.75, 3.05) is 25.6 Å². The number of carbonyl (C=O) groups is 1. The Bertz CT molecular complexity index is 1600. The number of sulfonamides is 1. The van der Waals surface area contributed by atoms with Crippen molar-refractivity contribution in [2.24, 2.45) is 0 Å². The van der Waals surface area contributed by atoms with Gasteiger partial charge in [-0.05, 0) is 48.9 Å². The summed E-state index contributed by atoms with van der Waals surface area (Å²) in [5, 5.41) is 4.70. The Morgan fingerprint density at radius 1 is 1.03 bits per heavy atom. The van der Waals surface area contributed by atoms with Crippen LogP contribution in [0.1, 0.15) is 11.3 Å². The number of hydrogen-bond donors (Lipinski definition) is 0. The van der Waals surface area contributed by atoms with E-state index < -0.39 is 16.0 Å². The summed E-state index contributed by atoms with van der Waals surface area (Å²) in [6.07, 6.45) is 1.72. The van der Waals surface area contributed by atoms with Crippen LogP contribution in [0.25, 0.3) is 5.52 Å². The number of esters is 1. The number of benzene rings is 2. The fourth-order valence-corrected chi connectivity index (χ4v) is 5.73. The van der Waals surface area contributed by atoms with Gasteiger partial charge in [0.1, 0.15) is 10.6 Å². The summed E-state index contributed by atoms with van der Waals surface area (Å²) in [5.41, 5.74) is 2.07. The van der Waals surface area contributed by atoms with E-state index in [1.165, 1.54) is 39.5 Å². The maximum Gasteiger partial charge on any atom is 0.309 e. The molecular weight excluding hydrogens is 541 g/mol. The molecule has 0 aliphatic heterocycles. The summed E-state index contributed by atoms with van der Waals surface area (Å²) in [6, 6.07) is 12.5. The third-order valence-corrected chi connectivity index (χ3v) is 8.05. The van der Waals surface area contributed by atoms with E-state index >= 15 is 0 Å². The molecule has 0 radical (unpaired) electrons. The predicted molar refractivity (Wildman–Crippen MR) is 141 cm³/mol. The van der Waals surface area contributed by atoms with E-state index in [9.17, 15) is 13.2 Å². The summed E-state index contributed by atoms with van der Waals surface area (Å²) in [5.74, 6) is 0.492. The SMILES string of the molecule is COC(=O)Cc1ccc(Oc2ccn3nc(C)cc3c2N(C)S(=O)(=O)c2ccc(Cl)cc2Cl)c(OC)c1. The topological polar surface area (TPSA) is 99.4 Å². The molecule has 2 aromatic carbocycles. The van der Waals surface area contributed by atoms with Crippen molar-refractivity contribution in [3.63, 3.8) is 0 Å². The molecule has 0 spiro atoms. The second kappa shape index (κ2) is 10.5. The molecule has 2 heterocycles. The quantitative estimate of drug-likeness (QED) is 0.268. The van der Waals surface area contributed by atoms with Gasteiger partial charge in [-0.15, -0.1) is 0 Å². The molecule has 194 valence electrons. The summed E-state index contributed by atoms with van der Waals surface area (Å²) >= 11 is 12.2. The first kappa shape index (κ1) is 26.6. The smallest absolute Gasteiger partial charge is 0.309 e. The van der Waals surface area contributed by atoms with Gasteiger partial charge < -0.3 is 14.2 Å². The van der Waals surface area contributed by atoms with Gasteiger partial charge in [0.25, 0.3) is 10.0 Å². The molecule has 0 unspecified atom stereocenters. The number of rotatable bonds is 8. The van der Waals surface area contributed by atoms with Crippen LogP contribution in [0, 0.1) is 6.92 Å². The normalized spacial score (nSPS) is 11.4. The first-order valence-electron chi connectivity index (χ1n) is 10.9. The van der Waals surface area contributed by atoms with Crippen molar-refractivity contribution in [3.05, 3.63) is 76.0 Å². The molecule has 0 saturated heterocycles. The molecule has 0 amide bonds. The number of ether oxygens (including phenoxy) is 3. The molecule has 4 aromatic rings. The Kier molecular flexibility index (Phi) is 7.54. The lowest BCUT2D eigenvalue weighted by molar-refractivity contribution is -0.139. The van der Waals surface area contributed by atoms with E-state index in [2.05, 4.69) is 5.10 Å². The number of carbonyl (C=O) groups excluding carboxylic acids is 1. The monoisotopic (exact) mass is 563 g/mol. The average Bonchev–Trinajstić information content (AvgIpc) is 3.24. The highest BCUT2D eigenvalue weighted by Crippen LogP contribution is 2.41. The molecule has 0 atom stereocenters. The van der Waals surface area contributed by atoms with Gasteiger partial charge in [-0.3, -0.25) is 9.10 Å². The zero-order valence-corrected chi connectivity index (χ0v) is 22.7. The van der Waals surface area contributed by atoms with Crippen molar-refractivity contribution < 1.29 is 27.4 Å². The minimum atomic E-state index is -4.14. The number of nitrogens with zero attached hydrogens (tertiary/aromatic N) is 3. The lowest BCUT2D eigenvalue weighted by Gasteiger charge is -2.24. The standard InChI is InChI=1S/C25H23Cl2N3O6S/c1-15-11-19-25(29(2)37(32,33)23-8-6-17(26)14-18(23)27)21(9-10-30(19)28-15)36-20-7-5-16(12-22(20)34-3)13-24(31)35-4/h5-12,14H,13H2,1-4H3. The van der Waals surface area contributed by atoms with Crippen LogP contribution >= 0.6 is 23.2 Å². The highest BCUT2D eigenvalue weighted by molar-refractivity contribution is 7.93. The van der Waals surface area contributed by atoms with Gasteiger partial charge in [0.15, 0.2) is 17.2 Å². The first-order valence-corrected chi connectivity index (χ1v) is 13.1. The fraction of sp³-hybridized carbons (Fsp3) is 0.200. The minimum Gasteiger partial charge on any atom is -0.493 e. The molecule has 0 N–H and O–H groups in total. The average molecular weight is 564 g/mol. The number of hydrogen-bond acceptors (Lipinski definition) is 7. The Morgan fingerprint density at radius 2 is 1.78 bits per heavy atom. The zero-order chi connectivity index (χ0) is 26.9. The van der Waals surface area contributed by atoms with Crippen molar-refractivity contribution in [3.8, 4) is 17.2 Å². The molecule has 0 bridgehead atoms. The maximum absolute atomic E-state index is 13.7. The van der Waals surface area contributed by atoms with Crippen LogP contribution in [-0.4, -0.2) is 45.3 Å². The van der Waals surface area contributed by atoms with Crippen LogP contribution in [0.2, 0.25) is 10.0 Å². The van der Waals surface area contributed by atoms with Crippen molar-refractivity contribution >= 4 is 50.4 Å². The molecule has 0 aliphatic carbocycles. The zero-order valence-electron chi connectivity index (χ0n) is 20.4. The van der Waals surface area contributed by atoms with Gasteiger partial charge >= 0.3 is 5.97 Å². The molecule has 9 nitrogen and oxygen atoms in total. The third kappa shape index (κ3) is 5.31. The maximum atomic E-state index is 13.7. The Balaban J connectivity index is 1.83. The highest BCUT2D eigenvalue weighted by atomic mass is 35.5. The minimum absolute atomic E-state index is 0.0127. The predicted octanol–water partition coefficient (Wildman–Crippen LogP) is 5.29. The summed E-state index contributed by atoms with van der Waals surface area (Å²) in [6.45, 7) is 1.80. The number of pyridine rings is 1. The first-order chi connectivity index (χ1) is 17.5. The lowest BCUT2D eigenvalue weighted by atomic mass is 10.1. The fourth-order valence-electron chi connectivity index (χ4n) is 3.77. The van der Waals surface area contributed by atoms with Crippen LogP contribution in [0.4, 0.5) is 5.69 Å². The molecule has 0 saturated carbocycles. The van der Waals surface area contributed by atoms with Crippen LogP contribution in [0.3, 0.4) is 0 Å². The van der Waals surface area contributed by atoms with E-state index in [1.54, 1.807) is 48.0 Å². The van der Waals surface area contributed by atoms with E-state index in [-0.39, 0.29) is 27.8 Å². The highest BCUT2D eigenvalue weighted by Gasteiger charge is 2.29. The number of aryl methyl sites for hydroxylation is 1. The molecule has 2 aromatic heterocycles. The molecule has 4 rings (SSSR count). The second-order valence-corrected chi connectivity index (χ2v) is 10.8. The number of anilines is 1. The number of methoxy groups -OCH3 is 2. The van der Waals surface area contributed by atoms with Crippen LogP contribution < -0.4 is 13.8 Å². The van der Waals surface area contributed by atoms with E-state index in [0.29, 0.717) is 33.3 Å². The van der Waals surface area contributed by atoms with Gasteiger partial charge in [-0.25, -0.2) is 12.9 Å².